The van der Waals surface area contributed by atoms with Gasteiger partial charge in [-0.2, -0.15) is 0 Å². The zero-order chi connectivity index (χ0) is 25.5. The second-order valence-electron chi connectivity index (χ2n) is 10.5. The van der Waals surface area contributed by atoms with Crippen LogP contribution in [-0.4, -0.2) is 43.1 Å². The van der Waals surface area contributed by atoms with E-state index in [1.807, 2.05) is 50.4 Å². The van der Waals surface area contributed by atoms with Crippen molar-refractivity contribution in [1.29, 1.82) is 0 Å². The Hall–Kier alpha value is -2.82. The molecule has 2 saturated carbocycles. The summed E-state index contributed by atoms with van der Waals surface area (Å²) in [5.74, 6) is -3.56. The molecule has 3 aliphatic rings. The minimum atomic E-state index is -2.46. The Balaban J connectivity index is 1.13. The summed E-state index contributed by atoms with van der Waals surface area (Å²) in [5.41, 5.74) is 0.547. The van der Waals surface area contributed by atoms with E-state index in [9.17, 15) is 18.4 Å². The van der Waals surface area contributed by atoms with E-state index in [-0.39, 0.29) is 18.2 Å². The molecule has 3 atom stereocenters. The summed E-state index contributed by atoms with van der Waals surface area (Å²) in [6.07, 6.45) is 4.48. The number of aromatic nitrogens is 3. The number of carbonyl (C=O) groups is 2. The molecule has 1 aromatic carbocycles. The first kappa shape index (κ1) is 24.9. The molecule has 2 heterocycles. The first-order chi connectivity index (χ1) is 17.1. The van der Waals surface area contributed by atoms with Crippen LogP contribution < -0.4 is 10.6 Å². The van der Waals surface area contributed by atoms with Crippen molar-refractivity contribution in [2.45, 2.75) is 69.2 Å². The van der Waals surface area contributed by atoms with Crippen molar-refractivity contribution < 1.29 is 18.4 Å². The summed E-state index contributed by atoms with van der Waals surface area (Å²) in [7, 11) is 0. The van der Waals surface area contributed by atoms with Crippen molar-refractivity contribution in [3.63, 3.8) is 0 Å². The maximum absolute atomic E-state index is 13.6. The van der Waals surface area contributed by atoms with Gasteiger partial charge in [0.15, 0.2) is 5.17 Å². The number of nitrogens with zero attached hydrogens (tertiary/aromatic N) is 4. The van der Waals surface area contributed by atoms with Crippen molar-refractivity contribution in [3.05, 3.63) is 42.2 Å². The van der Waals surface area contributed by atoms with Crippen LogP contribution in [0.25, 0.3) is 0 Å². The van der Waals surface area contributed by atoms with E-state index in [1.54, 1.807) is 4.68 Å². The highest BCUT2D eigenvalue weighted by Gasteiger charge is 2.67. The van der Waals surface area contributed by atoms with Crippen molar-refractivity contribution in [3.8, 4) is 0 Å². The van der Waals surface area contributed by atoms with Crippen LogP contribution in [0, 0.1) is 17.8 Å². The molecule has 0 spiro atoms. The molecule has 5 rings (SSSR count). The number of rotatable bonds is 7. The van der Waals surface area contributed by atoms with Crippen LogP contribution in [0.4, 0.5) is 14.5 Å². The third-order valence-corrected chi connectivity index (χ3v) is 8.43. The van der Waals surface area contributed by atoms with Crippen LogP contribution in [0.1, 0.15) is 51.6 Å². The Morgan fingerprint density at radius 1 is 1.22 bits per heavy atom. The smallest absolute Gasteiger partial charge is 0.254 e. The average Bonchev–Trinajstić information content (AvgIpc) is 3.04. The second kappa shape index (κ2) is 9.57. The van der Waals surface area contributed by atoms with E-state index < -0.39 is 28.5 Å². The SMILES string of the molecule is CC(C)(NC(=O)CC1SC(=Nc2ccccc2)NC1=O)c1cn(CC2CCC3C(CC2)C3(F)F)nn1. The minimum Gasteiger partial charge on any atom is -0.345 e. The first-order valence-electron chi connectivity index (χ1n) is 12.3. The fourth-order valence-corrected chi connectivity index (χ4v) is 6.18. The van der Waals surface area contributed by atoms with E-state index in [0.717, 1.165) is 18.5 Å². The van der Waals surface area contributed by atoms with Gasteiger partial charge in [-0.15, -0.1) is 5.10 Å². The Bertz CT molecular complexity index is 1150. The summed E-state index contributed by atoms with van der Waals surface area (Å²) < 4.78 is 29.0. The molecule has 0 bridgehead atoms. The van der Waals surface area contributed by atoms with Gasteiger partial charge in [0.2, 0.25) is 11.8 Å². The molecule has 3 fully saturated rings. The second-order valence-corrected chi connectivity index (χ2v) is 11.7. The van der Waals surface area contributed by atoms with Gasteiger partial charge < -0.3 is 10.6 Å². The maximum Gasteiger partial charge on any atom is 0.254 e. The number of hydrogen-bond acceptors (Lipinski definition) is 6. The lowest BCUT2D eigenvalue weighted by Crippen LogP contribution is -2.43. The fourth-order valence-electron chi connectivity index (χ4n) is 5.19. The molecule has 1 saturated heterocycles. The summed E-state index contributed by atoms with van der Waals surface area (Å²) in [4.78, 5) is 29.6. The number of fused-ring (bicyclic) bond motifs is 1. The van der Waals surface area contributed by atoms with Crippen molar-refractivity contribution in [2.75, 3.05) is 0 Å². The van der Waals surface area contributed by atoms with Gasteiger partial charge >= 0.3 is 0 Å². The standard InChI is InChI=1S/C25H30F2N6O2S/c1-24(2,20-14-33(32-31-20)13-15-8-10-17-18(11-9-15)25(17,26)27)30-21(34)12-19-22(35)29-23(36-19)28-16-6-4-3-5-7-16/h3-7,14-15,17-19H,8-13H2,1-2H3,(H,30,34)(H,28,29,35). The Morgan fingerprint density at radius 2 is 1.92 bits per heavy atom. The summed E-state index contributed by atoms with van der Waals surface area (Å²) in [6.45, 7) is 4.31. The molecule has 2 amide bonds. The zero-order valence-electron chi connectivity index (χ0n) is 20.3. The quantitative estimate of drug-likeness (QED) is 0.579. The van der Waals surface area contributed by atoms with Gasteiger partial charge in [-0.3, -0.25) is 14.3 Å². The number of halogens is 2. The Kier molecular flexibility index (Phi) is 6.61. The van der Waals surface area contributed by atoms with Crippen molar-refractivity contribution >= 4 is 34.4 Å². The molecule has 192 valence electrons. The van der Waals surface area contributed by atoms with Gasteiger partial charge in [-0.1, -0.05) is 35.2 Å². The largest absolute Gasteiger partial charge is 0.345 e. The molecule has 11 heteroatoms. The van der Waals surface area contributed by atoms with Crippen LogP contribution in [0.3, 0.4) is 0 Å². The zero-order valence-corrected chi connectivity index (χ0v) is 21.1. The molecular formula is C25H30F2N6O2S. The number of benzene rings is 1. The monoisotopic (exact) mass is 516 g/mol. The van der Waals surface area contributed by atoms with Gasteiger partial charge in [-0.25, -0.2) is 13.8 Å². The van der Waals surface area contributed by atoms with Crippen molar-refractivity contribution in [1.82, 2.24) is 25.6 Å². The highest BCUT2D eigenvalue weighted by Crippen LogP contribution is 2.61. The van der Waals surface area contributed by atoms with Crippen LogP contribution in [0.2, 0.25) is 0 Å². The number of thioether (sulfide) groups is 1. The maximum atomic E-state index is 13.6. The summed E-state index contributed by atoms with van der Waals surface area (Å²) in [5, 5.41) is 14.1. The molecule has 2 N–H and O–H groups in total. The molecule has 8 nitrogen and oxygen atoms in total. The molecule has 2 aromatic rings. The predicted octanol–water partition coefficient (Wildman–Crippen LogP) is 4.01. The third kappa shape index (κ3) is 5.30. The molecular weight excluding hydrogens is 486 g/mol. The van der Waals surface area contributed by atoms with Crippen LogP contribution in [0.15, 0.2) is 41.5 Å². The number of carbonyl (C=O) groups excluding carboxylic acids is 2. The highest BCUT2D eigenvalue weighted by molar-refractivity contribution is 8.15. The van der Waals surface area contributed by atoms with E-state index in [0.29, 0.717) is 36.2 Å². The minimum absolute atomic E-state index is 0.0108. The van der Waals surface area contributed by atoms with Crippen molar-refractivity contribution in [2.24, 2.45) is 22.7 Å². The molecule has 1 aromatic heterocycles. The van der Waals surface area contributed by atoms with E-state index >= 15 is 0 Å². The van der Waals surface area contributed by atoms with E-state index in [2.05, 4.69) is 25.9 Å². The molecule has 36 heavy (non-hydrogen) atoms. The third-order valence-electron chi connectivity index (χ3n) is 7.35. The number of para-hydroxylation sites is 1. The molecule has 0 radical (unpaired) electrons. The first-order valence-corrected chi connectivity index (χ1v) is 13.2. The lowest BCUT2D eigenvalue weighted by atomic mass is 9.98. The summed E-state index contributed by atoms with van der Waals surface area (Å²) >= 11 is 1.24. The van der Waals surface area contributed by atoms with Crippen LogP contribution in [-0.2, 0) is 21.7 Å². The topological polar surface area (TPSA) is 101 Å². The van der Waals surface area contributed by atoms with Gasteiger partial charge in [-0.05, 0) is 57.6 Å². The Labute approximate surface area is 212 Å². The van der Waals surface area contributed by atoms with Crippen LogP contribution >= 0.6 is 11.8 Å². The molecule has 3 unspecified atom stereocenters. The van der Waals surface area contributed by atoms with Gasteiger partial charge in [0, 0.05) is 24.8 Å². The number of nitrogens with one attached hydrogen (secondary N) is 2. The van der Waals surface area contributed by atoms with Crippen LogP contribution in [0.5, 0.6) is 0 Å². The Morgan fingerprint density at radius 3 is 2.61 bits per heavy atom. The highest BCUT2D eigenvalue weighted by atomic mass is 32.2. The predicted molar refractivity (Wildman–Crippen MR) is 133 cm³/mol. The van der Waals surface area contributed by atoms with Gasteiger partial charge in [0.05, 0.1) is 17.4 Å². The lowest BCUT2D eigenvalue weighted by molar-refractivity contribution is -0.126. The number of alkyl halides is 2. The van der Waals surface area contributed by atoms with E-state index in [1.165, 1.54) is 11.8 Å². The number of amidine groups is 1. The van der Waals surface area contributed by atoms with Gasteiger partial charge in [0.1, 0.15) is 10.9 Å². The molecule has 1 aliphatic heterocycles. The molecule has 2 aliphatic carbocycles. The average molecular weight is 517 g/mol. The number of amides is 2. The van der Waals surface area contributed by atoms with E-state index in [4.69, 9.17) is 0 Å². The lowest BCUT2D eigenvalue weighted by Gasteiger charge is -2.24. The fraction of sp³-hybridized carbons (Fsp3) is 0.560. The van der Waals surface area contributed by atoms with Gasteiger partial charge in [0.25, 0.3) is 5.92 Å². The number of aliphatic imine (C=N–C) groups is 1. The summed E-state index contributed by atoms with van der Waals surface area (Å²) in [6, 6.07) is 9.30. The normalized spacial score (nSPS) is 28.3. The number of hydrogen-bond donors (Lipinski definition) is 2.